The number of benzene rings is 1. The lowest BCUT2D eigenvalue weighted by molar-refractivity contribution is -0.144. The highest BCUT2D eigenvalue weighted by atomic mass is 28.4. The van der Waals surface area contributed by atoms with Crippen LogP contribution in [0.15, 0.2) is 42.7 Å². The molecule has 3 nitrogen and oxygen atoms in total. The number of rotatable bonds is 10. The second kappa shape index (κ2) is 9.13. The summed E-state index contributed by atoms with van der Waals surface area (Å²) < 4.78 is 17.7. The molecule has 1 unspecified atom stereocenters. The molecular weight excluding hydrogens is 292 g/mol. The maximum Gasteiger partial charge on any atom is 0.250 e. The molecule has 1 aromatic carbocycles. The molecule has 0 aliphatic heterocycles. The van der Waals surface area contributed by atoms with Crippen molar-refractivity contribution in [1.82, 2.24) is 0 Å². The highest BCUT2D eigenvalue weighted by Crippen LogP contribution is 2.28. The van der Waals surface area contributed by atoms with E-state index in [9.17, 15) is 0 Å². The van der Waals surface area contributed by atoms with Gasteiger partial charge in [0, 0.05) is 7.11 Å². The first-order chi connectivity index (χ1) is 10.5. The fraction of sp³-hybridized carbons (Fsp3) is 0.556. The maximum absolute atomic E-state index is 6.27. The van der Waals surface area contributed by atoms with Gasteiger partial charge in [-0.1, -0.05) is 57.7 Å². The monoisotopic (exact) mass is 322 g/mol. The van der Waals surface area contributed by atoms with Crippen molar-refractivity contribution in [3.8, 4) is 0 Å². The molecular formula is C18H30O3Si. The minimum absolute atomic E-state index is 0.0764. The smallest absolute Gasteiger partial charge is 0.250 e. The molecule has 0 saturated heterocycles. The van der Waals surface area contributed by atoms with Crippen molar-refractivity contribution >= 4 is 8.32 Å². The van der Waals surface area contributed by atoms with Gasteiger partial charge in [-0.25, -0.2) is 0 Å². The van der Waals surface area contributed by atoms with Crippen LogP contribution in [0.25, 0.3) is 0 Å². The summed E-state index contributed by atoms with van der Waals surface area (Å²) in [6.45, 7) is 12.7. The fourth-order valence-electron chi connectivity index (χ4n) is 2.54. The van der Waals surface area contributed by atoms with Gasteiger partial charge >= 0.3 is 0 Å². The van der Waals surface area contributed by atoms with E-state index in [4.69, 9.17) is 13.9 Å². The van der Waals surface area contributed by atoms with Gasteiger partial charge in [-0.3, -0.25) is 0 Å². The average Bonchev–Trinajstić information content (AvgIpc) is 2.58. The van der Waals surface area contributed by atoms with Gasteiger partial charge in [0.2, 0.25) is 14.6 Å². The van der Waals surface area contributed by atoms with Gasteiger partial charge in [0.15, 0.2) is 0 Å². The minimum atomic E-state index is -1.75. The Morgan fingerprint density at radius 2 is 1.64 bits per heavy atom. The Bertz CT molecular complexity index is 435. The van der Waals surface area contributed by atoms with Crippen LogP contribution in [0.5, 0.6) is 0 Å². The zero-order chi connectivity index (χ0) is 16.6. The van der Waals surface area contributed by atoms with Crippen molar-refractivity contribution in [2.45, 2.75) is 58.2 Å². The van der Waals surface area contributed by atoms with Crippen molar-refractivity contribution in [1.29, 1.82) is 0 Å². The van der Waals surface area contributed by atoms with Crippen molar-refractivity contribution in [3.05, 3.63) is 48.2 Å². The van der Waals surface area contributed by atoms with E-state index in [1.807, 2.05) is 37.3 Å². The Morgan fingerprint density at radius 1 is 1.09 bits per heavy atom. The lowest BCUT2D eigenvalue weighted by atomic mass is 10.1. The molecule has 0 radical (unpaired) electrons. The molecule has 124 valence electrons. The van der Waals surface area contributed by atoms with E-state index in [0.29, 0.717) is 5.76 Å². The zero-order valence-corrected chi connectivity index (χ0v) is 15.6. The van der Waals surface area contributed by atoms with Crippen LogP contribution in [-0.2, 0) is 13.9 Å². The van der Waals surface area contributed by atoms with Gasteiger partial charge in [-0.05, 0) is 30.6 Å². The summed E-state index contributed by atoms with van der Waals surface area (Å²) in [5.74, 6) is 0.600. The van der Waals surface area contributed by atoms with Gasteiger partial charge in [-0.15, -0.1) is 0 Å². The predicted octanol–water partition coefficient (Wildman–Crippen LogP) is 5.27. The van der Waals surface area contributed by atoms with Crippen LogP contribution in [0.4, 0.5) is 0 Å². The van der Waals surface area contributed by atoms with Gasteiger partial charge < -0.3 is 13.9 Å². The molecule has 1 rings (SSSR count). The molecule has 0 spiro atoms. The predicted molar refractivity (Wildman–Crippen MR) is 94.2 cm³/mol. The summed E-state index contributed by atoms with van der Waals surface area (Å²) in [4.78, 5) is 0. The standard InChI is InChI=1S/C18H30O3Si/c1-7-22(8-2,9-3)21-16(5)18(19-6)20-15(4)17-13-11-10-12-14-17/h10-15,18H,5,7-9H2,1-4,6H3/t15-,18?/m0/s1. The van der Waals surface area contributed by atoms with Crippen LogP contribution in [-0.4, -0.2) is 21.7 Å². The topological polar surface area (TPSA) is 27.7 Å². The Balaban J connectivity index is 2.72. The van der Waals surface area contributed by atoms with Crippen LogP contribution >= 0.6 is 0 Å². The van der Waals surface area contributed by atoms with Crippen LogP contribution in [0.1, 0.15) is 39.4 Å². The Kier molecular flexibility index (Phi) is 7.86. The van der Waals surface area contributed by atoms with E-state index in [0.717, 1.165) is 23.7 Å². The fourth-order valence-corrected chi connectivity index (χ4v) is 5.13. The van der Waals surface area contributed by atoms with Gasteiger partial charge in [0.05, 0.1) is 6.10 Å². The van der Waals surface area contributed by atoms with Gasteiger partial charge in [0.25, 0.3) is 0 Å². The highest BCUT2D eigenvalue weighted by molar-refractivity contribution is 6.73. The molecule has 22 heavy (non-hydrogen) atoms. The van der Waals surface area contributed by atoms with Crippen LogP contribution < -0.4 is 0 Å². The number of methoxy groups -OCH3 is 1. The number of hydrogen-bond acceptors (Lipinski definition) is 3. The molecule has 0 aliphatic carbocycles. The van der Waals surface area contributed by atoms with Crippen LogP contribution in [0, 0.1) is 0 Å². The minimum Gasteiger partial charge on any atom is -0.543 e. The summed E-state index contributed by atoms with van der Waals surface area (Å²) in [5, 5.41) is 0. The van der Waals surface area contributed by atoms with Crippen molar-refractivity contribution < 1.29 is 13.9 Å². The van der Waals surface area contributed by atoms with E-state index in [1.165, 1.54) is 0 Å². The van der Waals surface area contributed by atoms with E-state index in [2.05, 4.69) is 27.4 Å². The van der Waals surface area contributed by atoms with E-state index < -0.39 is 14.6 Å². The molecule has 0 saturated carbocycles. The van der Waals surface area contributed by atoms with Crippen molar-refractivity contribution in [2.24, 2.45) is 0 Å². The molecule has 1 aromatic rings. The molecule has 0 fully saturated rings. The summed E-state index contributed by atoms with van der Waals surface area (Å²) in [6.07, 6.45) is -0.612. The summed E-state index contributed by atoms with van der Waals surface area (Å²) in [6, 6.07) is 13.3. The van der Waals surface area contributed by atoms with E-state index >= 15 is 0 Å². The Hall–Kier alpha value is -1.10. The molecule has 0 amide bonds. The molecule has 0 aliphatic rings. The second-order valence-electron chi connectivity index (χ2n) is 5.57. The maximum atomic E-state index is 6.27. The first-order valence-corrected chi connectivity index (χ1v) is 10.7. The third-order valence-electron chi connectivity index (χ3n) is 4.35. The largest absolute Gasteiger partial charge is 0.543 e. The number of hydrogen-bond donors (Lipinski definition) is 0. The van der Waals surface area contributed by atoms with Crippen molar-refractivity contribution in [2.75, 3.05) is 7.11 Å². The highest BCUT2D eigenvalue weighted by Gasteiger charge is 2.33. The summed E-state index contributed by atoms with van der Waals surface area (Å²) >= 11 is 0. The van der Waals surface area contributed by atoms with Crippen LogP contribution in [0.2, 0.25) is 18.1 Å². The molecule has 4 heteroatoms. The second-order valence-corrected chi connectivity index (χ2v) is 10.3. The molecule has 0 bridgehead atoms. The summed E-state index contributed by atoms with van der Waals surface area (Å²) in [7, 11) is -0.120. The van der Waals surface area contributed by atoms with Crippen LogP contribution in [0.3, 0.4) is 0 Å². The van der Waals surface area contributed by atoms with E-state index in [-0.39, 0.29) is 6.10 Å². The van der Waals surface area contributed by atoms with Gasteiger partial charge in [0.1, 0.15) is 5.76 Å². The summed E-state index contributed by atoms with van der Waals surface area (Å²) in [5.41, 5.74) is 1.11. The van der Waals surface area contributed by atoms with E-state index in [1.54, 1.807) is 7.11 Å². The third-order valence-corrected chi connectivity index (χ3v) is 8.92. The normalized spacial score (nSPS) is 14.4. The molecule has 0 heterocycles. The lowest BCUT2D eigenvalue weighted by Gasteiger charge is -2.33. The van der Waals surface area contributed by atoms with Crippen molar-refractivity contribution in [3.63, 3.8) is 0 Å². The molecule has 2 atom stereocenters. The number of ether oxygens (including phenoxy) is 2. The quantitative estimate of drug-likeness (QED) is 0.333. The first kappa shape index (κ1) is 18.9. The van der Waals surface area contributed by atoms with Gasteiger partial charge in [-0.2, -0.15) is 0 Å². The molecule has 0 aromatic heterocycles. The molecule has 0 N–H and O–H groups in total. The first-order valence-electron chi connectivity index (χ1n) is 8.12. The zero-order valence-electron chi connectivity index (χ0n) is 14.6. The average molecular weight is 323 g/mol. The Morgan fingerprint density at radius 3 is 2.09 bits per heavy atom. The SMILES string of the molecule is C=C(O[Si](CC)(CC)CC)C(OC)O[C@@H](C)c1ccccc1. The third kappa shape index (κ3) is 4.97. The Labute approximate surface area is 136 Å². The lowest BCUT2D eigenvalue weighted by Crippen LogP contribution is -2.38.